The number of imide groups is 1. The van der Waals surface area contributed by atoms with Gasteiger partial charge in [-0.05, 0) is 24.3 Å². The van der Waals surface area contributed by atoms with Crippen LogP contribution in [-0.2, 0) is 9.53 Å². The average Bonchev–Trinajstić information content (AvgIpc) is 3.11. The molecular weight excluding hydrogens is 298 g/mol. The minimum atomic E-state index is -0.488. The van der Waals surface area contributed by atoms with Crippen LogP contribution in [-0.4, -0.2) is 46.8 Å². The monoisotopic (exact) mass is 315 g/mol. The standard InChI is InChI=1S/C15H17N5O3/c1-23-7-8-4-9(8)10-5-12(19-20-3-2-16-13(10)20)11-6-17-15(22)18-14(11)21/h2-3,5,8-9,11H,4,6-7H2,1H3,(H2,17,18,21,22)/t8-,9+,11?/m0/s1. The van der Waals surface area contributed by atoms with E-state index in [-0.39, 0.29) is 12.5 Å². The van der Waals surface area contributed by atoms with Gasteiger partial charge in [0.05, 0.1) is 11.6 Å². The van der Waals surface area contributed by atoms with Crippen molar-refractivity contribution < 1.29 is 14.3 Å². The predicted octanol–water partition coefficient (Wildman–Crippen LogP) is 0.402. The maximum absolute atomic E-state index is 12.1. The van der Waals surface area contributed by atoms with Crippen molar-refractivity contribution in [2.45, 2.75) is 18.3 Å². The summed E-state index contributed by atoms with van der Waals surface area (Å²) in [6.07, 6.45) is 4.52. The summed E-state index contributed by atoms with van der Waals surface area (Å²) in [6, 6.07) is 1.49. The topological polar surface area (TPSA) is 97.6 Å². The fourth-order valence-electron chi connectivity index (χ4n) is 3.20. The Balaban J connectivity index is 1.71. The summed E-state index contributed by atoms with van der Waals surface area (Å²) in [6.45, 7) is 0.971. The van der Waals surface area contributed by atoms with Crippen LogP contribution in [0.5, 0.6) is 0 Å². The van der Waals surface area contributed by atoms with E-state index in [0.717, 1.165) is 24.2 Å². The van der Waals surface area contributed by atoms with E-state index in [4.69, 9.17) is 4.74 Å². The predicted molar refractivity (Wildman–Crippen MR) is 80.0 cm³/mol. The van der Waals surface area contributed by atoms with E-state index in [2.05, 4.69) is 20.7 Å². The maximum Gasteiger partial charge on any atom is 0.321 e. The zero-order valence-corrected chi connectivity index (χ0v) is 12.7. The third-order valence-corrected chi connectivity index (χ3v) is 4.49. The molecule has 120 valence electrons. The molecule has 2 aromatic rings. The molecular formula is C15H17N5O3. The number of urea groups is 1. The number of aromatic nitrogens is 3. The number of imidazole rings is 1. The Morgan fingerprint density at radius 2 is 2.30 bits per heavy atom. The van der Waals surface area contributed by atoms with Crippen molar-refractivity contribution in [2.24, 2.45) is 5.92 Å². The highest BCUT2D eigenvalue weighted by Gasteiger charge is 2.41. The van der Waals surface area contributed by atoms with Gasteiger partial charge < -0.3 is 10.1 Å². The van der Waals surface area contributed by atoms with Crippen LogP contribution in [0, 0.1) is 5.92 Å². The molecule has 2 aliphatic rings. The molecule has 0 radical (unpaired) electrons. The number of carbonyl (C=O) groups excluding carboxylic acids is 2. The van der Waals surface area contributed by atoms with Gasteiger partial charge in [-0.25, -0.2) is 14.3 Å². The van der Waals surface area contributed by atoms with E-state index in [1.807, 2.05) is 6.07 Å². The number of carbonyl (C=O) groups is 2. The van der Waals surface area contributed by atoms with Gasteiger partial charge in [0.2, 0.25) is 5.91 Å². The van der Waals surface area contributed by atoms with Crippen LogP contribution in [0.3, 0.4) is 0 Å². The summed E-state index contributed by atoms with van der Waals surface area (Å²) in [5.74, 6) is 0.0484. The Morgan fingerprint density at radius 1 is 1.43 bits per heavy atom. The van der Waals surface area contributed by atoms with Crippen LogP contribution in [0.4, 0.5) is 4.79 Å². The Bertz CT molecular complexity index is 787. The van der Waals surface area contributed by atoms with Gasteiger partial charge in [-0.15, -0.1) is 0 Å². The third kappa shape index (κ3) is 2.44. The minimum absolute atomic E-state index is 0.253. The molecule has 3 atom stereocenters. The van der Waals surface area contributed by atoms with Crippen LogP contribution in [0.1, 0.15) is 29.5 Å². The molecule has 1 saturated carbocycles. The Labute approximate surface area is 132 Å². The lowest BCUT2D eigenvalue weighted by Gasteiger charge is -2.22. The number of hydrogen-bond acceptors (Lipinski definition) is 5. The van der Waals surface area contributed by atoms with Crippen molar-refractivity contribution in [1.82, 2.24) is 25.2 Å². The minimum Gasteiger partial charge on any atom is -0.384 e. The van der Waals surface area contributed by atoms with Gasteiger partial charge >= 0.3 is 6.03 Å². The van der Waals surface area contributed by atoms with E-state index in [1.165, 1.54) is 0 Å². The number of hydrogen-bond donors (Lipinski definition) is 2. The maximum atomic E-state index is 12.1. The van der Waals surface area contributed by atoms with Gasteiger partial charge in [0.25, 0.3) is 0 Å². The fourth-order valence-corrected chi connectivity index (χ4v) is 3.20. The third-order valence-electron chi connectivity index (χ3n) is 4.49. The molecule has 2 aromatic heterocycles. The van der Waals surface area contributed by atoms with Gasteiger partial charge in [-0.3, -0.25) is 10.1 Å². The van der Waals surface area contributed by atoms with Crippen LogP contribution >= 0.6 is 0 Å². The molecule has 8 heteroatoms. The molecule has 1 aliphatic heterocycles. The van der Waals surface area contributed by atoms with Crippen LogP contribution in [0.25, 0.3) is 5.65 Å². The van der Waals surface area contributed by atoms with E-state index >= 15 is 0 Å². The fraction of sp³-hybridized carbons (Fsp3) is 0.467. The average molecular weight is 315 g/mol. The number of methoxy groups -OCH3 is 1. The number of rotatable bonds is 4. The van der Waals surface area contributed by atoms with Gasteiger partial charge in [0.15, 0.2) is 5.65 Å². The van der Waals surface area contributed by atoms with Crippen molar-refractivity contribution in [1.29, 1.82) is 0 Å². The number of nitrogens with zero attached hydrogens (tertiary/aromatic N) is 3. The van der Waals surface area contributed by atoms with Crippen molar-refractivity contribution >= 4 is 17.6 Å². The number of amides is 3. The zero-order chi connectivity index (χ0) is 16.0. The molecule has 0 spiro atoms. The highest BCUT2D eigenvalue weighted by Crippen LogP contribution is 2.48. The first-order valence-electron chi connectivity index (χ1n) is 7.59. The molecule has 0 bridgehead atoms. The molecule has 4 rings (SSSR count). The molecule has 2 fully saturated rings. The van der Waals surface area contributed by atoms with Crippen LogP contribution in [0.15, 0.2) is 18.5 Å². The zero-order valence-electron chi connectivity index (χ0n) is 12.7. The lowest BCUT2D eigenvalue weighted by atomic mass is 10.00. The van der Waals surface area contributed by atoms with E-state index in [0.29, 0.717) is 17.5 Å². The highest BCUT2D eigenvalue weighted by atomic mass is 16.5. The first-order chi connectivity index (χ1) is 11.2. The molecule has 0 aromatic carbocycles. The molecule has 23 heavy (non-hydrogen) atoms. The quantitative estimate of drug-likeness (QED) is 0.851. The number of ether oxygens (including phenoxy) is 1. The second kappa shape index (κ2) is 5.31. The van der Waals surface area contributed by atoms with Gasteiger partial charge in [0.1, 0.15) is 0 Å². The number of fused-ring (bicyclic) bond motifs is 1. The van der Waals surface area contributed by atoms with Crippen molar-refractivity contribution in [3.05, 3.63) is 29.7 Å². The van der Waals surface area contributed by atoms with Crippen molar-refractivity contribution in [2.75, 3.05) is 20.3 Å². The second-order valence-electron chi connectivity index (χ2n) is 6.03. The van der Waals surface area contributed by atoms with Crippen molar-refractivity contribution in [3.8, 4) is 0 Å². The highest BCUT2D eigenvalue weighted by molar-refractivity contribution is 6.00. The van der Waals surface area contributed by atoms with E-state index in [1.54, 1.807) is 24.0 Å². The Kier molecular flexibility index (Phi) is 3.26. The van der Waals surface area contributed by atoms with Gasteiger partial charge in [-0.2, -0.15) is 5.10 Å². The lowest BCUT2D eigenvalue weighted by molar-refractivity contribution is -0.122. The summed E-state index contributed by atoms with van der Waals surface area (Å²) >= 11 is 0. The summed E-state index contributed by atoms with van der Waals surface area (Å²) in [4.78, 5) is 27.7. The van der Waals surface area contributed by atoms with Gasteiger partial charge in [0, 0.05) is 38.2 Å². The van der Waals surface area contributed by atoms with E-state index < -0.39 is 11.9 Å². The summed E-state index contributed by atoms with van der Waals surface area (Å²) < 4.78 is 6.94. The molecule has 8 nitrogen and oxygen atoms in total. The van der Waals surface area contributed by atoms with Crippen molar-refractivity contribution in [3.63, 3.8) is 0 Å². The first kappa shape index (κ1) is 14.1. The second-order valence-corrected chi connectivity index (χ2v) is 6.03. The smallest absolute Gasteiger partial charge is 0.321 e. The SMILES string of the molecule is COC[C@@H]1C[C@H]1c1cc(C2CNC(=O)NC2=O)nn2ccnc12. The first-order valence-corrected chi connectivity index (χ1v) is 7.59. The molecule has 1 unspecified atom stereocenters. The molecule has 1 saturated heterocycles. The van der Waals surface area contributed by atoms with Crippen LogP contribution < -0.4 is 10.6 Å². The molecule has 3 amide bonds. The lowest BCUT2D eigenvalue weighted by Crippen LogP contribution is -2.51. The largest absolute Gasteiger partial charge is 0.384 e. The van der Waals surface area contributed by atoms with Crippen LogP contribution in [0.2, 0.25) is 0 Å². The van der Waals surface area contributed by atoms with Gasteiger partial charge in [-0.1, -0.05) is 0 Å². The Hall–Kier alpha value is -2.48. The summed E-state index contributed by atoms with van der Waals surface area (Å²) in [5, 5.41) is 9.42. The number of nitrogens with one attached hydrogen (secondary N) is 2. The summed E-state index contributed by atoms with van der Waals surface area (Å²) in [5.41, 5.74) is 2.55. The normalized spacial score (nSPS) is 26.9. The molecule has 3 heterocycles. The van der Waals surface area contributed by atoms with E-state index in [9.17, 15) is 9.59 Å². The molecule has 1 aliphatic carbocycles. The molecule has 2 N–H and O–H groups in total. The Morgan fingerprint density at radius 3 is 3.09 bits per heavy atom. The summed E-state index contributed by atoms with van der Waals surface area (Å²) in [7, 11) is 1.70.